The summed E-state index contributed by atoms with van der Waals surface area (Å²) in [5.74, 6) is -2.85. The number of likely N-dealkylation sites (tertiary alicyclic amines) is 1. The number of imide groups is 1. The van der Waals surface area contributed by atoms with Gasteiger partial charge in [0.1, 0.15) is 6.04 Å². The first-order chi connectivity index (χ1) is 13.6. The number of nitrogens with zero attached hydrogens (tertiary/aromatic N) is 3. The summed E-state index contributed by atoms with van der Waals surface area (Å²) in [6.45, 7) is 6.47. The van der Waals surface area contributed by atoms with Crippen LogP contribution in [0.1, 0.15) is 38.1 Å². The maximum atomic E-state index is 12.6. The van der Waals surface area contributed by atoms with Crippen LogP contribution < -0.4 is 5.32 Å². The normalized spacial score (nSPS) is 23.0. The van der Waals surface area contributed by atoms with Gasteiger partial charge < -0.3 is 10.1 Å². The standard InChI is InChI=1S/C20H26N4O5/c1-10-16(11(2)23(5)22-10)21-17(25)13(4)29-20(28)12(3)24-18(26)14-8-6-7-9-15(14)19(24)27/h6-7,12-15H,8-9H2,1-5H3,(H,21,25)/t12-,13-,14-,15-/m0/s1. The Morgan fingerprint density at radius 2 is 1.69 bits per heavy atom. The zero-order valence-corrected chi connectivity index (χ0v) is 17.3. The Kier molecular flexibility index (Phi) is 5.59. The van der Waals surface area contributed by atoms with Gasteiger partial charge in [0.2, 0.25) is 11.8 Å². The molecular weight excluding hydrogens is 376 g/mol. The third-order valence-corrected chi connectivity index (χ3v) is 5.69. The summed E-state index contributed by atoms with van der Waals surface area (Å²) < 4.78 is 6.90. The average molecular weight is 402 g/mol. The highest BCUT2D eigenvalue weighted by atomic mass is 16.5. The molecule has 0 aromatic carbocycles. The number of carbonyl (C=O) groups excluding carboxylic acids is 4. The summed E-state index contributed by atoms with van der Waals surface area (Å²) in [4.78, 5) is 51.2. The number of aromatic nitrogens is 2. The summed E-state index contributed by atoms with van der Waals surface area (Å²) in [5.41, 5.74) is 1.98. The molecule has 4 atom stereocenters. The number of hydrogen-bond acceptors (Lipinski definition) is 6. The van der Waals surface area contributed by atoms with E-state index >= 15 is 0 Å². The Morgan fingerprint density at radius 1 is 1.14 bits per heavy atom. The van der Waals surface area contributed by atoms with Gasteiger partial charge in [-0.05, 0) is 40.5 Å². The number of fused-ring (bicyclic) bond motifs is 1. The lowest BCUT2D eigenvalue weighted by Gasteiger charge is -2.23. The maximum absolute atomic E-state index is 12.6. The minimum Gasteiger partial charge on any atom is -0.451 e. The summed E-state index contributed by atoms with van der Waals surface area (Å²) in [6, 6.07) is -1.09. The molecule has 2 aliphatic rings. The highest BCUT2D eigenvalue weighted by Gasteiger charge is 2.50. The number of hydrogen-bond donors (Lipinski definition) is 1. The van der Waals surface area contributed by atoms with E-state index in [4.69, 9.17) is 4.74 Å². The maximum Gasteiger partial charge on any atom is 0.329 e. The van der Waals surface area contributed by atoms with Gasteiger partial charge in [-0.1, -0.05) is 12.2 Å². The lowest BCUT2D eigenvalue weighted by molar-refractivity contribution is -0.163. The fraction of sp³-hybridized carbons (Fsp3) is 0.550. The van der Waals surface area contributed by atoms with Gasteiger partial charge in [0.15, 0.2) is 6.10 Å². The van der Waals surface area contributed by atoms with Gasteiger partial charge in [0.05, 0.1) is 28.9 Å². The molecule has 1 aromatic heterocycles. The van der Waals surface area contributed by atoms with Gasteiger partial charge >= 0.3 is 5.97 Å². The first-order valence-electron chi connectivity index (χ1n) is 9.67. The predicted octanol–water partition coefficient (Wildman–Crippen LogP) is 1.25. The molecular formula is C20H26N4O5. The minimum atomic E-state index is -1.10. The lowest BCUT2D eigenvalue weighted by atomic mass is 9.85. The van der Waals surface area contributed by atoms with Gasteiger partial charge in [-0.3, -0.25) is 24.0 Å². The number of allylic oxidation sites excluding steroid dienone is 2. The Bertz CT molecular complexity index is 877. The second-order valence-electron chi connectivity index (χ2n) is 7.62. The summed E-state index contributed by atoms with van der Waals surface area (Å²) in [7, 11) is 1.76. The highest BCUT2D eigenvalue weighted by molar-refractivity contribution is 6.08. The second-order valence-corrected chi connectivity index (χ2v) is 7.62. The van der Waals surface area contributed by atoms with Crippen LogP contribution >= 0.6 is 0 Å². The van der Waals surface area contributed by atoms with Gasteiger partial charge in [0.25, 0.3) is 5.91 Å². The molecule has 1 N–H and O–H groups in total. The first-order valence-corrected chi connectivity index (χ1v) is 9.67. The minimum absolute atomic E-state index is 0.354. The number of carbonyl (C=O) groups is 4. The van der Waals surface area contributed by atoms with Crippen molar-refractivity contribution in [1.82, 2.24) is 14.7 Å². The molecule has 0 unspecified atom stereocenters. The number of ether oxygens (including phenoxy) is 1. The van der Waals surface area contributed by atoms with Crippen molar-refractivity contribution < 1.29 is 23.9 Å². The van der Waals surface area contributed by atoms with Gasteiger partial charge in [-0.25, -0.2) is 4.79 Å². The van der Waals surface area contributed by atoms with Crippen molar-refractivity contribution >= 4 is 29.4 Å². The topological polar surface area (TPSA) is 111 Å². The van der Waals surface area contributed by atoms with Crippen molar-refractivity contribution in [3.05, 3.63) is 23.5 Å². The van der Waals surface area contributed by atoms with Crippen LogP contribution in [0.3, 0.4) is 0 Å². The van der Waals surface area contributed by atoms with Crippen molar-refractivity contribution in [1.29, 1.82) is 0 Å². The highest BCUT2D eigenvalue weighted by Crippen LogP contribution is 2.36. The van der Waals surface area contributed by atoms with Crippen LogP contribution in [0.15, 0.2) is 12.2 Å². The molecule has 2 heterocycles. The van der Waals surface area contributed by atoms with Crippen LogP contribution in [0.4, 0.5) is 5.69 Å². The number of esters is 1. The van der Waals surface area contributed by atoms with E-state index in [0.717, 1.165) is 10.6 Å². The van der Waals surface area contributed by atoms with Gasteiger partial charge in [-0.2, -0.15) is 5.10 Å². The van der Waals surface area contributed by atoms with E-state index in [1.165, 1.54) is 13.8 Å². The second kappa shape index (κ2) is 7.81. The lowest BCUT2D eigenvalue weighted by Crippen LogP contribution is -2.46. The zero-order valence-electron chi connectivity index (χ0n) is 17.3. The van der Waals surface area contributed by atoms with Crippen molar-refractivity contribution in [3.8, 4) is 0 Å². The van der Waals surface area contributed by atoms with Crippen LogP contribution in [0, 0.1) is 25.7 Å². The van der Waals surface area contributed by atoms with Crippen LogP contribution in [-0.2, 0) is 31.0 Å². The number of aryl methyl sites for hydroxylation is 2. The first kappa shape index (κ1) is 20.8. The predicted molar refractivity (Wildman–Crippen MR) is 104 cm³/mol. The Morgan fingerprint density at radius 3 is 2.17 bits per heavy atom. The van der Waals surface area contributed by atoms with E-state index in [9.17, 15) is 19.2 Å². The Labute approximate surface area is 169 Å². The Balaban J connectivity index is 1.64. The van der Waals surface area contributed by atoms with Crippen molar-refractivity contribution in [3.63, 3.8) is 0 Å². The van der Waals surface area contributed by atoms with E-state index in [1.54, 1.807) is 18.7 Å². The van der Waals surface area contributed by atoms with E-state index in [0.29, 0.717) is 24.2 Å². The molecule has 1 aliphatic carbocycles. The molecule has 0 spiro atoms. The molecule has 0 radical (unpaired) electrons. The fourth-order valence-corrected chi connectivity index (χ4v) is 3.82. The van der Waals surface area contributed by atoms with Crippen LogP contribution in [0.2, 0.25) is 0 Å². The molecule has 9 nitrogen and oxygen atoms in total. The molecule has 29 heavy (non-hydrogen) atoms. The molecule has 9 heteroatoms. The third kappa shape index (κ3) is 3.68. The molecule has 0 saturated carbocycles. The summed E-state index contributed by atoms with van der Waals surface area (Å²) in [6.07, 6.45) is 3.66. The smallest absolute Gasteiger partial charge is 0.329 e. The van der Waals surface area contributed by atoms with Crippen molar-refractivity contribution in [2.45, 2.75) is 52.7 Å². The van der Waals surface area contributed by atoms with Crippen LogP contribution in [0.25, 0.3) is 0 Å². The number of amides is 3. The third-order valence-electron chi connectivity index (χ3n) is 5.69. The summed E-state index contributed by atoms with van der Waals surface area (Å²) in [5, 5.41) is 6.94. The van der Waals surface area contributed by atoms with Crippen LogP contribution in [-0.4, -0.2) is 50.5 Å². The fourth-order valence-electron chi connectivity index (χ4n) is 3.82. The molecule has 1 saturated heterocycles. The SMILES string of the molecule is Cc1nn(C)c(C)c1NC(=O)[C@H](C)OC(=O)[C@H](C)N1C(=O)[C@H]2CC=CC[C@@H]2C1=O. The number of rotatable bonds is 5. The van der Waals surface area contributed by atoms with E-state index < -0.39 is 35.9 Å². The van der Waals surface area contributed by atoms with Crippen molar-refractivity contribution in [2.75, 3.05) is 5.32 Å². The largest absolute Gasteiger partial charge is 0.451 e. The monoisotopic (exact) mass is 402 g/mol. The van der Waals surface area contributed by atoms with Gasteiger partial charge in [-0.15, -0.1) is 0 Å². The molecule has 1 aromatic rings. The molecule has 1 aliphatic heterocycles. The number of anilines is 1. The van der Waals surface area contributed by atoms with Gasteiger partial charge in [0, 0.05) is 7.05 Å². The zero-order chi connectivity index (χ0) is 21.5. The molecule has 0 bridgehead atoms. The summed E-state index contributed by atoms with van der Waals surface area (Å²) >= 11 is 0. The van der Waals surface area contributed by atoms with Crippen LogP contribution in [0.5, 0.6) is 0 Å². The van der Waals surface area contributed by atoms with E-state index in [1.807, 2.05) is 19.1 Å². The molecule has 3 rings (SSSR count). The Hall–Kier alpha value is -2.97. The van der Waals surface area contributed by atoms with Crippen molar-refractivity contribution in [2.24, 2.45) is 18.9 Å². The average Bonchev–Trinajstić information content (AvgIpc) is 3.08. The quantitative estimate of drug-likeness (QED) is 0.451. The van der Waals surface area contributed by atoms with E-state index in [-0.39, 0.29) is 11.8 Å². The molecule has 3 amide bonds. The molecule has 1 fully saturated rings. The molecule has 156 valence electrons. The number of nitrogens with one attached hydrogen (secondary N) is 1. The van der Waals surface area contributed by atoms with E-state index in [2.05, 4.69) is 10.4 Å².